The van der Waals surface area contributed by atoms with Gasteiger partial charge < -0.3 is 49.3 Å². The maximum absolute atomic E-state index is 13.5. The number of fused-ring (bicyclic) bond motifs is 1. The molecule has 38 heavy (non-hydrogen) atoms. The summed E-state index contributed by atoms with van der Waals surface area (Å²) >= 11 is 0. The van der Waals surface area contributed by atoms with Crippen molar-refractivity contribution >= 4 is 16.9 Å². The lowest BCUT2D eigenvalue weighted by molar-refractivity contribution is -0.272. The number of aliphatic hydroxyl groups excluding tert-OH is 2. The molecule has 0 saturated carbocycles. The Balaban J connectivity index is 1.83. The molecule has 2 aromatic carbocycles. The standard InChI is InChI=1S/C26H26O12/c1-4-10(2)25(34)37-23-19(31)11(3)35-26(21(23)33)38-24-20(32)18-16(30)8-13(27)9-17(18)36-22(24)12-5-6-14(28)15(29)7-12/h4-9,11,19,21,23,26-31,33H,1-3H3/b10-4+/t11-,19-,21+,23+,26-/m0/s1. The lowest BCUT2D eigenvalue weighted by atomic mass is 9.99. The van der Waals surface area contributed by atoms with E-state index >= 15 is 0 Å². The van der Waals surface area contributed by atoms with Crippen molar-refractivity contribution in [1.29, 1.82) is 0 Å². The first kappa shape index (κ1) is 26.8. The third kappa shape index (κ3) is 4.84. The van der Waals surface area contributed by atoms with Crippen LogP contribution >= 0.6 is 0 Å². The van der Waals surface area contributed by atoms with Gasteiger partial charge in [-0.2, -0.15) is 0 Å². The maximum atomic E-state index is 13.5. The van der Waals surface area contributed by atoms with E-state index in [-0.39, 0.29) is 27.9 Å². The number of allylic oxidation sites excluding steroid dienone is 1. The summed E-state index contributed by atoms with van der Waals surface area (Å²) < 4.78 is 22.4. The molecule has 0 bridgehead atoms. The zero-order valence-corrected chi connectivity index (χ0v) is 20.5. The molecule has 12 nitrogen and oxygen atoms in total. The van der Waals surface area contributed by atoms with E-state index < -0.39 is 70.9 Å². The van der Waals surface area contributed by atoms with Gasteiger partial charge in [0.05, 0.1) is 6.10 Å². The molecule has 1 aliphatic heterocycles. The highest BCUT2D eigenvalue weighted by molar-refractivity contribution is 5.89. The minimum atomic E-state index is -1.78. The van der Waals surface area contributed by atoms with Gasteiger partial charge >= 0.3 is 5.97 Å². The smallest absolute Gasteiger partial charge is 0.333 e. The van der Waals surface area contributed by atoms with Crippen molar-refractivity contribution in [1.82, 2.24) is 0 Å². The number of carbonyl (C=O) groups excluding carboxylic acids is 1. The number of phenolic OH excluding ortho intramolecular Hbond substituents is 4. The third-order valence-corrected chi connectivity index (χ3v) is 6.17. The topological polar surface area (TPSA) is 196 Å². The molecule has 4 rings (SSSR count). The average Bonchev–Trinajstić information content (AvgIpc) is 2.86. The van der Waals surface area contributed by atoms with Crippen LogP contribution in [0.5, 0.6) is 28.7 Å². The van der Waals surface area contributed by atoms with Crippen molar-refractivity contribution in [2.45, 2.75) is 51.5 Å². The van der Waals surface area contributed by atoms with Crippen LogP contribution in [0.2, 0.25) is 0 Å². The first-order valence-electron chi connectivity index (χ1n) is 11.5. The predicted octanol–water partition coefficient (Wildman–Crippen LogP) is 2.01. The Hall–Kier alpha value is -4.26. The van der Waals surface area contributed by atoms with E-state index in [4.69, 9.17) is 18.6 Å². The number of ether oxygens (including phenoxy) is 3. The number of hydrogen-bond donors (Lipinski definition) is 6. The summed E-state index contributed by atoms with van der Waals surface area (Å²) in [5.41, 5.74) is -0.893. The number of esters is 1. The molecule has 202 valence electrons. The molecular weight excluding hydrogens is 504 g/mol. The number of hydrogen-bond acceptors (Lipinski definition) is 12. The summed E-state index contributed by atoms with van der Waals surface area (Å²) in [5, 5.41) is 61.0. The minimum absolute atomic E-state index is 0.0437. The van der Waals surface area contributed by atoms with Gasteiger partial charge in [0.1, 0.15) is 28.6 Å². The Morgan fingerprint density at radius 3 is 2.37 bits per heavy atom. The van der Waals surface area contributed by atoms with E-state index in [1.54, 1.807) is 6.92 Å². The van der Waals surface area contributed by atoms with Gasteiger partial charge in [0, 0.05) is 23.3 Å². The summed E-state index contributed by atoms with van der Waals surface area (Å²) in [6.07, 6.45) is -5.91. The number of aliphatic hydroxyl groups is 2. The fourth-order valence-electron chi connectivity index (χ4n) is 3.91. The molecule has 1 aromatic heterocycles. The molecule has 1 fully saturated rings. The molecule has 1 saturated heterocycles. The van der Waals surface area contributed by atoms with Gasteiger partial charge in [-0.25, -0.2) is 4.79 Å². The molecule has 0 aliphatic carbocycles. The maximum Gasteiger partial charge on any atom is 0.333 e. The van der Waals surface area contributed by atoms with E-state index in [1.165, 1.54) is 26.0 Å². The normalized spacial score (nSPS) is 23.8. The van der Waals surface area contributed by atoms with Crippen LogP contribution < -0.4 is 10.2 Å². The van der Waals surface area contributed by atoms with Crippen LogP contribution in [0.3, 0.4) is 0 Å². The molecule has 3 aromatic rings. The van der Waals surface area contributed by atoms with E-state index in [1.807, 2.05) is 0 Å². The van der Waals surface area contributed by atoms with E-state index in [2.05, 4.69) is 0 Å². The number of phenols is 4. The first-order chi connectivity index (χ1) is 17.9. The quantitative estimate of drug-likeness (QED) is 0.160. The SMILES string of the molecule is C/C=C(\C)C(=O)O[C@@H]1[C@@H](O)[C@H](C)O[C@@H](Oc2c(-c3ccc(O)c(O)c3)oc3cc(O)cc(O)c3c2=O)[C@@H]1O. The van der Waals surface area contributed by atoms with Crippen LogP contribution in [-0.2, 0) is 14.3 Å². The lowest BCUT2D eigenvalue weighted by Crippen LogP contribution is -2.60. The van der Waals surface area contributed by atoms with E-state index in [0.717, 1.165) is 24.3 Å². The summed E-state index contributed by atoms with van der Waals surface area (Å²) in [5.74, 6) is -3.71. The minimum Gasteiger partial charge on any atom is -0.508 e. The van der Waals surface area contributed by atoms with Gasteiger partial charge in [-0.1, -0.05) is 6.08 Å². The third-order valence-electron chi connectivity index (χ3n) is 6.17. The van der Waals surface area contributed by atoms with Gasteiger partial charge in [-0.15, -0.1) is 0 Å². The van der Waals surface area contributed by atoms with Crippen molar-refractivity contribution in [3.05, 3.63) is 52.2 Å². The van der Waals surface area contributed by atoms with E-state index in [0.29, 0.717) is 0 Å². The van der Waals surface area contributed by atoms with Crippen LogP contribution in [0.4, 0.5) is 0 Å². The van der Waals surface area contributed by atoms with Crippen LogP contribution in [0.1, 0.15) is 20.8 Å². The monoisotopic (exact) mass is 530 g/mol. The molecule has 0 spiro atoms. The van der Waals surface area contributed by atoms with Crippen LogP contribution in [-0.4, -0.2) is 67.3 Å². The van der Waals surface area contributed by atoms with Crippen LogP contribution in [0.15, 0.2) is 51.2 Å². The highest BCUT2D eigenvalue weighted by Gasteiger charge is 2.47. The summed E-state index contributed by atoms with van der Waals surface area (Å²) in [6.45, 7) is 4.53. The molecule has 2 heterocycles. The summed E-state index contributed by atoms with van der Waals surface area (Å²) in [7, 11) is 0. The van der Waals surface area contributed by atoms with Gasteiger partial charge in [0.15, 0.2) is 29.5 Å². The predicted molar refractivity (Wildman–Crippen MR) is 131 cm³/mol. The Bertz CT molecular complexity index is 1470. The second-order valence-electron chi connectivity index (χ2n) is 8.78. The number of aromatic hydroxyl groups is 4. The Labute approximate surface area is 215 Å². The van der Waals surface area contributed by atoms with Gasteiger partial charge in [0.25, 0.3) is 0 Å². The van der Waals surface area contributed by atoms with Crippen molar-refractivity contribution in [2.24, 2.45) is 0 Å². The fraction of sp³-hybridized carbons (Fsp3) is 0.308. The Kier molecular flexibility index (Phi) is 7.22. The summed E-state index contributed by atoms with van der Waals surface area (Å²) in [6, 6.07) is 5.49. The second kappa shape index (κ2) is 10.2. The van der Waals surface area contributed by atoms with Crippen molar-refractivity contribution in [3.8, 4) is 40.1 Å². The lowest BCUT2D eigenvalue weighted by Gasteiger charge is -2.40. The van der Waals surface area contributed by atoms with Crippen LogP contribution in [0, 0.1) is 0 Å². The molecular formula is C26H26O12. The Morgan fingerprint density at radius 1 is 1.00 bits per heavy atom. The number of rotatable bonds is 5. The van der Waals surface area contributed by atoms with E-state index in [9.17, 15) is 40.2 Å². The van der Waals surface area contributed by atoms with Gasteiger partial charge in [-0.3, -0.25) is 4.79 Å². The Morgan fingerprint density at radius 2 is 1.71 bits per heavy atom. The molecule has 1 aliphatic rings. The first-order valence-corrected chi connectivity index (χ1v) is 11.5. The van der Waals surface area contributed by atoms with Crippen molar-refractivity contribution in [3.63, 3.8) is 0 Å². The molecule has 0 unspecified atom stereocenters. The van der Waals surface area contributed by atoms with Crippen molar-refractivity contribution < 1.29 is 54.1 Å². The van der Waals surface area contributed by atoms with Gasteiger partial charge in [-0.05, 0) is 39.0 Å². The highest BCUT2D eigenvalue weighted by Crippen LogP contribution is 2.39. The molecule has 5 atom stereocenters. The average molecular weight is 530 g/mol. The number of benzene rings is 2. The highest BCUT2D eigenvalue weighted by atomic mass is 16.7. The van der Waals surface area contributed by atoms with Crippen LogP contribution in [0.25, 0.3) is 22.3 Å². The molecule has 6 N–H and O–H groups in total. The molecule has 0 radical (unpaired) electrons. The zero-order chi connectivity index (χ0) is 27.9. The largest absolute Gasteiger partial charge is 0.508 e. The van der Waals surface area contributed by atoms with Gasteiger partial charge in [0.2, 0.25) is 17.5 Å². The molecule has 0 amide bonds. The van der Waals surface area contributed by atoms with Crippen molar-refractivity contribution in [2.75, 3.05) is 0 Å². The fourth-order valence-corrected chi connectivity index (χ4v) is 3.91. The molecule has 12 heteroatoms. The zero-order valence-electron chi connectivity index (χ0n) is 20.5. The summed E-state index contributed by atoms with van der Waals surface area (Å²) in [4.78, 5) is 25.8. The number of carbonyl (C=O) groups is 1. The second-order valence-corrected chi connectivity index (χ2v) is 8.78.